The summed E-state index contributed by atoms with van der Waals surface area (Å²) in [5.41, 5.74) is 1.14. The van der Waals surface area contributed by atoms with Crippen LogP contribution in [0.25, 0.3) is 0 Å². The summed E-state index contributed by atoms with van der Waals surface area (Å²) in [6.45, 7) is 2.22. The highest BCUT2D eigenvalue weighted by atomic mass is 19.4. The van der Waals surface area contributed by atoms with E-state index in [9.17, 15) is 22.8 Å². The van der Waals surface area contributed by atoms with Gasteiger partial charge < -0.3 is 15.5 Å². The molecule has 1 heterocycles. The number of halogens is 3. The SMILES string of the molecule is CNC(=O)c1ccc(C[C@@H](CNC(=O)C[C@@H](c2cccnc2)C2(C(F)(F)F)CC2)N(C)C)c(C)c1. The fraction of sp³-hybridized carbons (Fsp3) is 0.500. The molecular weight excluding hydrogens is 457 g/mol. The number of rotatable bonds is 10. The Bertz CT molecular complexity index is 1040. The summed E-state index contributed by atoms with van der Waals surface area (Å²) in [5, 5.41) is 5.46. The molecule has 6 nitrogen and oxygen atoms in total. The third kappa shape index (κ3) is 6.20. The molecule has 0 radical (unpaired) electrons. The number of hydrogen-bond donors (Lipinski definition) is 2. The zero-order valence-electron chi connectivity index (χ0n) is 20.6. The Balaban J connectivity index is 1.68. The first kappa shape index (κ1) is 26.7. The standard InChI is InChI=1S/C26H33F3N4O2/c1-17-12-19(24(35)30-2)8-7-18(17)13-21(33(3)4)16-32-23(34)14-22(20-6-5-11-31-15-20)25(9-10-25)26(27,28)29/h5-8,11-12,15,21-22H,9-10,13-14,16H2,1-4H3,(H,30,35)(H,32,34)/t21-,22-/m0/s1. The molecule has 1 aliphatic carbocycles. The number of pyridine rings is 1. The van der Waals surface area contributed by atoms with Crippen LogP contribution < -0.4 is 10.6 Å². The number of aryl methyl sites for hydroxylation is 1. The molecule has 0 aliphatic heterocycles. The molecule has 0 saturated heterocycles. The van der Waals surface area contributed by atoms with Crippen LogP contribution in [0, 0.1) is 12.3 Å². The number of amides is 2. The van der Waals surface area contributed by atoms with Crippen LogP contribution in [-0.4, -0.2) is 61.6 Å². The van der Waals surface area contributed by atoms with Crippen molar-refractivity contribution in [1.29, 1.82) is 0 Å². The highest BCUT2D eigenvalue weighted by Gasteiger charge is 2.67. The maximum Gasteiger partial charge on any atom is 0.395 e. The van der Waals surface area contributed by atoms with Crippen molar-refractivity contribution in [2.75, 3.05) is 27.7 Å². The largest absolute Gasteiger partial charge is 0.395 e. The predicted octanol–water partition coefficient (Wildman–Crippen LogP) is 3.85. The van der Waals surface area contributed by atoms with E-state index in [1.54, 1.807) is 25.2 Å². The lowest BCUT2D eigenvalue weighted by Gasteiger charge is -2.30. The van der Waals surface area contributed by atoms with Crippen LogP contribution in [0.4, 0.5) is 13.2 Å². The van der Waals surface area contributed by atoms with Crippen LogP contribution in [0.1, 0.15) is 52.2 Å². The summed E-state index contributed by atoms with van der Waals surface area (Å²) in [6, 6.07) is 8.63. The van der Waals surface area contributed by atoms with Gasteiger partial charge in [0.25, 0.3) is 5.91 Å². The average molecular weight is 491 g/mol. The van der Waals surface area contributed by atoms with Gasteiger partial charge in [0, 0.05) is 49.9 Å². The summed E-state index contributed by atoms with van der Waals surface area (Å²) in [7, 11) is 5.37. The summed E-state index contributed by atoms with van der Waals surface area (Å²) in [4.78, 5) is 30.7. The molecule has 9 heteroatoms. The van der Waals surface area contributed by atoms with Gasteiger partial charge in [0.2, 0.25) is 5.91 Å². The first-order valence-electron chi connectivity index (χ1n) is 11.7. The number of alkyl halides is 3. The lowest BCUT2D eigenvalue weighted by Crippen LogP contribution is -2.43. The molecule has 1 saturated carbocycles. The molecule has 1 aromatic carbocycles. The van der Waals surface area contributed by atoms with Crippen molar-refractivity contribution in [3.05, 3.63) is 65.0 Å². The lowest BCUT2D eigenvalue weighted by atomic mass is 9.80. The number of aromatic nitrogens is 1. The summed E-state index contributed by atoms with van der Waals surface area (Å²) < 4.78 is 41.7. The summed E-state index contributed by atoms with van der Waals surface area (Å²) in [6.07, 6.45) is -1.02. The lowest BCUT2D eigenvalue weighted by molar-refractivity contribution is -0.194. The van der Waals surface area contributed by atoms with E-state index >= 15 is 0 Å². The van der Waals surface area contributed by atoms with E-state index in [2.05, 4.69) is 15.6 Å². The summed E-state index contributed by atoms with van der Waals surface area (Å²) in [5.74, 6) is -1.53. The third-order valence-electron chi connectivity index (χ3n) is 7.05. The van der Waals surface area contributed by atoms with Crippen molar-refractivity contribution in [3.8, 4) is 0 Å². The smallest absolute Gasteiger partial charge is 0.355 e. The highest BCUT2D eigenvalue weighted by Crippen LogP contribution is 2.66. The number of nitrogens with one attached hydrogen (secondary N) is 2. The minimum absolute atomic E-state index is 0.0228. The molecule has 2 N–H and O–H groups in total. The van der Waals surface area contributed by atoms with E-state index in [1.165, 1.54) is 12.4 Å². The fourth-order valence-corrected chi connectivity index (χ4v) is 4.57. The zero-order chi connectivity index (χ0) is 25.8. The Morgan fingerprint density at radius 3 is 2.43 bits per heavy atom. The molecule has 2 aromatic rings. The summed E-state index contributed by atoms with van der Waals surface area (Å²) >= 11 is 0. The van der Waals surface area contributed by atoms with E-state index < -0.39 is 23.4 Å². The number of nitrogens with zero attached hydrogens (tertiary/aromatic N) is 2. The van der Waals surface area contributed by atoms with Gasteiger partial charge in [-0.25, -0.2) is 0 Å². The van der Waals surface area contributed by atoms with Crippen LogP contribution in [-0.2, 0) is 11.2 Å². The molecule has 2 amide bonds. The van der Waals surface area contributed by atoms with Crippen LogP contribution in [0.5, 0.6) is 0 Å². The molecule has 1 aromatic heterocycles. The number of likely N-dealkylation sites (N-methyl/N-ethyl adjacent to an activating group) is 1. The Kier molecular flexibility index (Phi) is 8.20. The number of carbonyl (C=O) groups excluding carboxylic acids is 2. The van der Waals surface area contributed by atoms with Gasteiger partial charge in [-0.2, -0.15) is 13.2 Å². The first-order valence-corrected chi connectivity index (χ1v) is 11.7. The highest BCUT2D eigenvalue weighted by molar-refractivity contribution is 5.94. The number of hydrogen-bond acceptors (Lipinski definition) is 4. The topological polar surface area (TPSA) is 74.3 Å². The van der Waals surface area contributed by atoms with Crippen LogP contribution in [0.2, 0.25) is 0 Å². The van der Waals surface area contributed by atoms with E-state index in [1.807, 2.05) is 38.1 Å². The van der Waals surface area contributed by atoms with Crippen LogP contribution in [0.15, 0.2) is 42.7 Å². The molecule has 0 bridgehead atoms. The predicted molar refractivity (Wildman–Crippen MR) is 128 cm³/mol. The van der Waals surface area contributed by atoms with Crippen molar-refractivity contribution >= 4 is 11.8 Å². The van der Waals surface area contributed by atoms with Crippen molar-refractivity contribution < 1.29 is 22.8 Å². The first-order chi connectivity index (χ1) is 16.5. The Morgan fingerprint density at radius 2 is 1.91 bits per heavy atom. The van der Waals surface area contributed by atoms with Crippen molar-refractivity contribution in [3.63, 3.8) is 0 Å². The average Bonchev–Trinajstić information content (AvgIpc) is 3.63. The van der Waals surface area contributed by atoms with Crippen molar-refractivity contribution in [2.24, 2.45) is 5.41 Å². The Morgan fingerprint density at radius 1 is 1.20 bits per heavy atom. The van der Waals surface area contributed by atoms with Crippen LogP contribution in [0.3, 0.4) is 0 Å². The number of carbonyl (C=O) groups is 2. The normalized spacial score (nSPS) is 16.5. The molecule has 0 unspecified atom stereocenters. The minimum atomic E-state index is -4.38. The van der Waals surface area contributed by atoms with Crippen molar-refractivity contribution in [1.82, 2.24) is 20.5 Å². The second-order valence-corrected chi connectivity index (χ2v) is 9.54. The van der Waals surface area contributed by atoms with Gasteiger partial charge in [0.05, 0.1) is 5.41 Å². The Labute approximate surface area is 204 Å². The minimum Gasteiger partial charge on any atom is -0.355 e. The van der Waals surface area contributed by atoms with Gasteiger partial charge >= 0.3 is 6.18 Å². The van der Waals surface area contributed by atoms with Gasteiger partial charge in [-0.1, -0.05) is 12.1 Å². The molecule has 3 rings (SSSR count). The molecule has 1 aliphatic rings. The van der Waals surface area contributed by atoms with Crippen molar-refractivity contribution in [2.45, 2.75) is 50.7 Å². The second kappa shape index (κ2) is 10.8. The number of benzene rings is 1. The third-order valence-corrected chi connectivity index (χ3v) is 7.05. The molecule has 0 spiro atoms. The van der Waals surface area contributed by atoms with Gasteiger partial charge in [-0.3, -0.25) is 14.6 Å². The monoisotopic (exact) mass is 490 g/mol. The van der Waals surface area contributed by atoms with E-state index in [0.29, 0.717) is 24.1 Å². The fourth-order valence-electron chi connectivity index (χ4n) is 4.57. The molecular formula is C26H33F3N4O2. The van der Waals surface area contributed by atoms with Crippen LogP contribution >= 0.6 is 0 Å². The molecule has 35 heavy (non-hydrogen) atoms. The second-order valence-electron chi connectivity index (χ2n) is 9.54. The Hall–Kier alpha value is -2.94. The molecule has 1 fully saturated rings. The van der Waals surface area contributed by atoms with E-state index in [0.717, 1.165) is 11.1 Å². The van der Waals surface area contributed by atoms with Gasteiger partial charge in [-0.15, -0.1) is 0 Å². The molecule has 2 atom stereocenters. The van der Waals surface area contributed by atoms with Gasteiger partial charge in [0.15, 0.2) is 0 Å². The van der Waals surface area contributed by atoms with Gasteiger partial charge in [-0.05, 0) is 75.2 Å². The van der Waals surface area contributed by atoms with E-state index in [4.69, 9.17) is 0 Å². The molecule has 190 valence electrons. The zero-order valence-corrected chi connectivity index (χ0v) is 20.6. The van der Waals surface area contributed by atoms with E-state index in [-0.39, 0.29) is 31.2 Å². The quantitative estimate of drug-likeness (QED) is 0.531. The van der Waals surface area contributed by atoms with Gasteiger partial charge in [0.1, 0.15) is 0 Å². The maximum atomic E-state index is 13.9. The maximum absolute atomic E-state index is 13.9.